The molecule has 0 aliphatic heterocycles. The normalized spacial score (nSPS) is 11.1. The predicted molar refractivity (Wildman–Crippen MR) is 102 cm³/mol. The zero-order chi connectivity index (χ0) is 17.2. The van der Waals surface area contributed by atoms with Crippen molar-refractivity contribution in [2.24, 2.45) is 0 Å². The van der Waals surface area contributed by atoms with Gasteiger partial charge in [-0.25, -0.2) is 4.98 Å². The first kappa shape index (κ1) is 16.2. The predicted octanol–water partition coefficient (Wildman–Crippen LogP) is 4.10. The van der Waals surface area contributed by atoms with Crippen molar-refractivity contribution in [1.82, 2.24) is 19.6 Å². The van der Waals surface area contributed by atoms with E-state index < -0.39 is 0 Å². The Bertz CT molecular complexity index is 1020. The van der Waals surface area contributed by atoms with E-state index in [0.29, 0.717) is 10.8 Å². The lowest BCUT2D eigenvalue weighted by atomic mass is 10.2. The third-order valence-electron chi connectivity index (χ3n) is 3.50. The Morgan fingerprint density at radius 3 is 2.96 bits per heavy atom. The lowest BCUT2D eigenvalue weighted by Gasteiger charge is -1.99. The summed E-state index contributed by atoms with van der Waals surface area (Å²) in [5, 5.41) is 13.3. The molecule has 9 heteroatoms. The van der Waals surface area contributed by atoms with E-state index in [9.17, 15) is 4.79 Å². The first-order chi connectivity index (χ1) is 12.2. The molecule has 126 valence electrons. The Morgan fingerprint density at radius 2 is 2.12 bits per heavy atom. The van der Waals surface area contributed by atoms with Gasteiger partial charge >= 0.3 is 0 Å². The highest BCUT2D eigenvalue weighted by Crippen LogP contribution is 2.28. The summed E-state index contributed by atoms with van der Waals surface area (Å²) in [6.45, 7) is 2.07. The molecule has 4 aromatic rings. The van der Waals surface area contributed by atoms with Crippen LogP contribution in [0.2, 0.25) is 0 Å². The van der Waals surface area contributed by atoms with Crippen molar-refractivity contribution in [1.29, 1.82) is 0 Å². The molecular weight excluding hydrogens is 374 g/mol. The summed E-state index contributed by atoms with van der Waals surface area (Å²) in [7, 11) is 0. The van der Waals surface area contributed by atoms with E-state index in [4.69, 9.17) is 0 Å². The van der Waals surface area contributed by atoms with Crippen LogP contribution in [0.4, 0.5) is 5.13 Å². The van der Waals surface area contributed by atoms with Crippen molar-refractivity contribution in [2.45, 2.75) is 17.0 Å². The van der Waals surface area contributed by atoms with Crippen molar-refractivity contribution in [3.05, 3.63) is 59.0 Å². The van der Waals surface area contributed by atoms with Gasteiger partial charge in [0.2, 0.25) is 5.13 Å². The minimum atomic E-state index is -0.213. The average molecular weight is 388 g/mol. The van der Waals surface area contributed by atoms with Crippen LogP contribution in [0.1, 0.15) is 21.6 Å². The number of carbonyl (C=O) groups is 1. The van der Waals surface area contributed by atoms with Crippen LogP contribution in [0, 0.1) is 6.92 Å². The number of imidazole rings is 1. The maximum absolute atomic E-state index is 12.4. The fourth-order valence-electron chi connectivity index (χ4n) is 2.20. The SMILES string of the molecule is Cc1ccc(CSc2nnc(NC(=O)c3csc4cncn34)s2)cc1. The first-order valence-electron chi connectivity index (χ1n) is 7.42. The number of thiazole rings is 1. The number of thioether (sulfide) groups is 1. The molecule has 0 bridgehead atoms. The molecule has 0 unspecified atom stereocenters. The number of fused-ring (bicyclic) bond motifs is 1. The largest absolute Gasteiger partial charge is 0.295 e. The zero-order valence-electron chi connectivity index (χ0n) is 13.2. The van der Waals surface area contributed by atoms with E-state index in [1.807, 2.05) is 0 Å². The molecule has 0 saturated heterocycles. The number of aryl methyl sites for hydroxylation is 1. The first-order valence-corrected chi connectivity index (χ1v) is 10.1. The number of benzene rings is 1. The highest BCUT2D eigenvalue weighted by Gasteiger charge is 2.15. The fourth-order valence-corrected chi connectivity index (χ4v) is 4.73. The highest BCUT2D eigenvalue weighted by molar-refractivity contribution is 8.00. The second-order valence-electron chi connectivity index (χ2n) is 5.32. The van der Waals surface area contributed by atoms with Crippen LogP contribution in [0.5, 0.6) is 0 Å². The third kappa shape index (κ3) is 3.58. The Balaban J connectivity index is 1.40. The van der Waals surface area contributed by atoms with Gasteiger partial charge in [0.25, 0.3) is 5.91 Å². The van der Waals surface area contributed by atoms with Gasteiger partial charge in [-0.05, 0) is 12.5 Å². The van der Waals surface area contributed by atoms with Gasteiger partial charge in [-0.3, -0.25) is 14.5 Å². The molecule has 1 N–H and O–H groups in total. The average Bonchev–Trinajstić information content (AvgIpc) is 3.30. The van der Waals surface area contributed by atoms with E-state index in [0.717, 1.165) is 14.9 Å². The number of amides is 1. The summed E-state index contributed by atoms with van der Waals surface area (Å²) in [5.74, 6) is 0.610. The second kappa shape index (κ2) is 6.95. The van der Waals surface area contributed by atoms with Gasteiger partial charge < -0.3 is 0 Å². The molecule has 4 rings (SSSR count). The van der Waals surface area contributed by atoms with Crippen LogP contribution >= 0.6 is 34.4 Å². The van der Waals surface area contributed by atoms with Gasteiger partial charge in [-0.1, -0.05) is 52.9 Å². The number of anilines is 1. The number of carbonyl (C=O) groups excluding carboxylic acids is 1. The van der Waals surface area contributed by atoms with Crippen molar-refractivity contribution in [3.63, 3.8) is 0 Å². The van der Waals surface area contributed by atoms with Crippen molar-refractivity contribution < 1.29 is 4.79 Å². The number of nitrogens with zero attached hydrogens (tertiary/aromatic N) is 4. The molecule has 0 fully saturated rings. The summed E-state index contributed by atoms with van der Waals surface area (Å²) < 4.78 is 2.59. The topological polar surface area (TPSA) is 72.2 Å². The maximum atomic E-state index is 12.4. The van der Waals surface area contributed by atoms with E-state index in [1.165, 1.54) is 33.8 Å². The van der Waals surface area contributed by atoms with E-state index in [1.54, 1.807) is 34.1 Å². The number of hydrogen-bond acceptors (Lipinski definition) is 7. The van der Waals surface area contributed by atoms with Crippen LogP contribution in [0.15, 0.2) is 46.5 Å². The van der Waals surface area contributed by atoms with Crippen LogP contribution in [-0.2, 0) is 5.75 Å². The Labute approximate surface area is 156 Å². The summed E-state index contributed by atoms with van der Waals surface area (Å²) >= 11 is 4.46. The molecule has 0 radical (unpaired) electrons. The van der Waals surface area contributed by atoms with Crippen LogP contribution < -0.4 is 5.32 Å². The molecule has 0 atom stereocenters. The number of hydrogen-bond donors (Lipinski definition) is 1. The van der Waals surface area contributed by atoms with Crippen molar-refractivity contribution >= 4 is 50.3 Å². The molecule has 0 spiro atoms. The smallest absolute Gasteiger partial charge is 0.275 e. The molecule has 0 aliphatic rings. The monoisotopic (exact) mass is 387 g/mol. The lowest BCUT2D eigenvalue weighted by Crippen LogP contribution is -2.13. The standard InChI is InChI=1S/C16H13N5OS3/c1-10-2-4-11(5-3-10)7-24-16-20-19-15(25-16)18-14(22)12-8-23-13-6-17-9-21(12)13/h2-6,8-9H,7H2,1H3,(H,18,19,22). The molecule has 1 aromatic carbocycles. The summed E-state index contributed by atoms with van der Waals surface area (Å²) in [6.07, 6.45) is 3.36. The number of aromatic nitrogens is 4. The van der Waals surface area contributed by atoms with Gasteiger partial charge in [-0.15, -0.1) is 21.5 Å². The van der Waals surface area contributed by atoms with Gasteiger partial charge in [0.1, 0.15) is 16.9 Å². The summed E-state index contributed by atoms with van der Waals surface area (Å²) in [6, 6.07) is 8.41. The highest BCUT2D eigenvalue weighted by atomic mass is 32.2. The zero-order valence-corrected chi connectivity index (χ0v) is 15.6. The van der Waals surface area contributed by atoms with Crippen LogP contribution in [0.25, 0.3) is 4.83 Å². The lowest BCUT2D eigenvalue weighted by molar-refractivity contribution is 0.102. The van der Waals surface area contributed by atoms with E-state index in [2.05, 4.69) is 51.7 Å². The molecule has 3 heterocycles. The van der Waals surface area contributed by atoms with Gasteiger partial charge in [0.05, 0.1) is 6.20 Å². The quantitative estimate of drug-likeness (QED) is 0.412. The Hall–Kier alpha value is -2.23. The molecular formula is C16H13N5OS3. The van der Waals surface area contributed by atoms with Gasteiger partial charge in [0, 0.05) is 11.1 Å². The number of rotatable bonds is 5. The maximum Gasteiger partial charge on any atom is 0.275 e. The minimum Gasteiger partial charge on any atom is -0.295 e. The van der Waals surface area contributed by atoms with E-state index in [-0.39, 0.29) is 5.91 Å². The molecule has 25 heavy (non-hydrogen) atoms. The van der Waals surface area contributed by atoms with Crippen molar-refractivity contribution in [2.75, 3.05) is 5.32 Å². The van der Waals surface area contributed by atoms with Gasteiger partial charge in [-0.2, -0.15) is 0 Å². The fraction of sp³-hybridized carbons (Fsp3) is 0.125. The minimum absolute atomic E-state index is 0.213. The van der Waals surface area contributed by atoms with E-state index >= 15 is 0 Å². The second-order valence-corrected chi connectivity index (χ2v) is 8.41. The van der Waals surface area contributed by atoms with Gasteiger partial charge in [0.15, 0.2) is 4.34 Å². The van der Waals surface area contributed by atoms with Crippen LogP contribution in [-0.4, -0.2) is 25.5 Å². The Kier molecular flexibility index (Phi) is 4.51. The molecule has 1 amide bonds. The van der Waals surface area contributed by atoms with Crippen LogP contribution in [0.3, 0.4) is 0 Å². The Morgan fingerprint density at radius 1 is 1.28 bits per heavy atom. The summed E-state index contributed by atoms with van der Waals surface area (Å²) in [5.41, 5.74) is 3.02. The third-order valence-corrected chi connectivity index (χ3v) is 6.43. The molecule has 0 saturated carbocycles. The van der Waals surface area contributed by atoms with Crippen molar-refractivity contribution in [3.8, 4) is 0 Å². The number of nitrogens with one attached hydrogen (secondary N) is 1. The molecule has 0 aliphatic carbocycles. The summed E-state index contributed by atoms with van der Waals surface area (Å²) in [4.78, 5) is 17.4. The molecule has 6 nitrogen and oxygen atoms in total. The molecule has 3 aromatic heterocycles.